The van der Waals surface area contributed by atoms with Crippen molar-refractivity contribution in [3.05, 3.63) is 54.1 Å². The van der Waals surface area contributed by atoms with Crippen molar-refractivity contribution < 1.29 is 4.74 Å². The molecule has 0 saturated carbocycles. The Balaban J connectivity index is 1.65. The van der Waals surface area contributed by atoms with E-state index in [4.69, 9.17) is 9.73 Å². The molecule has 0 atom stereocenters. The molecule has 3 rings (SSSR count). The highest BCUT2D eigenvalue weighted by Crippen LogP contribution is 2.19. The number of para-hydroxylation sites is 1. The van der Waals surface area contributed by atoms with Crippen LogP contribution in [0, 0.1) is 0 Å². The molecule has 1 aliphatic rings. The lowest BCUT2D eigenvalue weighted by atomic mass is 10.2. The lowest BCUT2D eigenvalue weighted by Crippen LogP contribution is -2.37. The Hall–Kier alpha value is -2.83. The number of hydrogen-bond acceptors (Lipinski definition) is 4. The van der Waals surface area contributed by atoms with Crippen LogP contribution in [0.25, 0.3) is 0 Å². The summed E-state index contributed by atoms with van der Waals surface area (Å²) in [6.45, 7) is 9.17. The average molecular weight is 383 g/mol. The van der Waals surface area contributed by atoms with E-state index in [1.54, 1.807) is 6.08 Å². The molecule has 2 aromatic rings. The molecular formula is C21H30N6O. The van der Waals surface area contributed by atoms with Crippen molar-refractivity contribution in [1.82, 2.24) is 25.4 Å². The highest BCUT2D eigenvalue weighted by atomic mass is 16.5. The van der Waals surface area contributed by atoms with E-state index in [0.29, 0.717) is 19.7 Å². The molecule has 0 aliphatic carbocycles. The van der Waals surface area contributed by atoms with Gasteiger partial charge in [0.05, 0.1) is 13.1 Å². The van der Waals surface area contributed by atoms with Crippen LogP contribution in [-0.4, -0.2) is 33.9 Å². The Morgan fingerprint density at radius 2 is 2.14 bits per heavy atom. The molecule has 2 heterocycles. The van der Waals surface area contributed by atoms with Crippen molar-refractivity contribution in [2.75, 3.05) is 13.2 Å². The fourth-order valence-electron chi connectivity index (χ4n) is 3.27. The first-order valence-electron chi connectivity index (χ1n) is 10.1. The van der Waals surface area contributed by atoms with Gasteiger partial charge in [-0.15, -0.1) is 10.2 Å². The second kappa shape index (κ2) is 10.5. The number of nitrogens with zero attached hydrogens (tertiary/aromatic N) is 4. The van der Waals surface area contributed by atoms with Gasteiger partial charge in [-0.3, -0.25) is 0 Å². The molecule has 0 spiro atoms. The van der Waals surface area contributed by atoms with Crippen molar-refractivity contribution in [2.24, 2.45) is 4.99 Å². The minimum absolute atomic E-state index is 0.483. The van der Waals surface area contributed by atoms with E-state index in [1.165, 1.54) is 19.3 Å². The summed E-state index contributed by atoms with van der Waals surface area (Å²) in [5, 5.41) is 15.4. The van der Waals surface area contributed by atoms with Crippen molar-refractivity contribution >= 4 is 5.96 Å². The number of aromatic nitrogens is 3. The molecule has 0 saturated heterocycles. The van der Waals surface area contributed by atoms with E-state index in [1.807, 2.05) is 24.3 Å². The lowest BCUT2D eigenvalue weighted by molar-refractivity contribution is 0.359. The van der Waals surface area contributed by atoms with Crippen LogP contribution in [-0.2, 0) is 26.1 Å². The predicted molar refractivity (Wildman–Crippen MR) is 111 cm³/mol. The molecule has 0 radical (unpaired) electrons. The fourth-order valence-corrected chi connectivity index (χ4v) is 3.27. The van der Waals surface area contributed by atoms with Crippen molar-refractivity contribution in [2.45, 2.75) is 52.2 Å². The maximum atomic E-state index is 5.72. The number of guanidine groups is 1. The molecule has 1 aromatic heterocycles. The number of aliphatic imine (C=N–C) groups is 1. The first-order chi connectivity index (χ1) is 13.8. The van der Waals surface area contributed by atoms with Crippen LogP contribution in [0.3, 0.4) is 0 Å². The van der Waals surface area contributed by atoms with Gasteiger partial charge in [0.25, 0.3) is 0 Å². The maximum absolute atomic E-state index is 5.72. The fraction of sp³-hybridized carbons (Fsp3) is 0.476. The van der Waals surface area contributed by atoms with Gasteiger partial charge in [0.1, 0.15) is 18.2 Å². The summed E-state index contributed by atoms with van der Waals surface area (Å²) in [4.78, 5) is 4.71. The normalized spacial score (nSPS) is 14.1. The molecule has 28 heavy (non-hydrogen) atoms. The second-order valence-electron chi connectivity index (χ2n) is 6.75. The summed E-state index contributed by atoms with van der Waals surface area (Å²) in [5.41, 5.74) is 1.04. The largest absolute Gasteiger partial charge is 0.489 e. The van der Waals surface area contributed by atoms with Gasteiger partial charge in [-0.05, 0) is 25.8 Å². The van der Waals surface area contributed by atoms with Crippen LogP contribution in [0.1, 0.15) is 43.4 Å². The molecule has 1 aliphatic heterocycles. The average Bonchev–Trinajstić information content (AvgIpc) is 2.95. The topological polar surface area (TPSA) is 76.4 Å². The summed E-state index contributed by atoms with van der Waals surface area (Å²) in [6.07, 6.45) is 6.40. The summed E-state index contributed by atoms with van der Waals surface area (Å²) in [7, 11) is 0. The zero-order valence-corrected chi connectivity index (χ0v) is 16.7. The first kappa shape index (κ1) is 19.9. The summed E-state index contributed by atoms with van der Waals surface area (Å²) >= 11 is 0. The zero-order valence-electron chi connectivity index (χ0n) is 16.7. The van der Waals surface area contributed by atoms with E-state index in [9.17, 15) is 0 Å². The van der Waals surface area contributed by atoms with Crippen molar-refractivity contribution in [3.63, 3.8) is 0 Å². The van der Waals surface area contributed by atoms with Crippen LogP contribution >= 0.6 is 0 Å². The Kier molecular flexibility index (Phi) is 7.46. The predicted octanol–water partition coefficient (Wildman–Crippen LogP) is 2.82. The highest BCUT2D eigenvalue weighted by Gasteiger charge is 2.14. The number of ether oxygens (including phenoxy) is 1. The smallest absolute Gasteiger partial charge is 0.191 e. The summed E-state index contributed by atoms with van der Waals surface area (Å²) < 4.78 is 7.97. The number of aryl methyl sites for hydroxylation is 1. The molecule has 150 valence electrons. The van der Waals surface area contributed by atoms with E-state index < -0.39 is 0 Å². The van der Waals surface area contributed by atoms with Crippen LogP contribution in [0.2, 0.25) is 0 Å². The van der Waals surface area contributed by atoms with Crippen molar-refractivity contribution in [1.29, 1.82) is 0 Å². The Labute approximate surface area is 166 Å². The van der Waals surface area contributed by atoms with E-state index >= 15 is 0 Å². The van der Waals surface area contributed by atoms with Gasteiger partial charge in [-0.25, -0.2) is 4.99 Å². The van der Waals surface area contributed by atoms with E-state index in [0.717, 1.165) is 48.4 Å². The molecule has 2 N–H and O–H groups in total. The van der Waals surface area contributed by atoms with Gasteiger partial charge >= 0.3 is 0 Å². The van der Waals surface area contributed by atoms with Gasteiger partial charge in [0.2, 0.25) is 0 Å². The second-order valence-corrected chi connectivity index (χ2v) is 6.75. The van der Waals surface area contributed by atoms with Gasteiger partial charge in [-0.2, -0.15) is 0 Å². The van der Waals surface area contributed by atoms with Crippen LogP contribution in [0.5, 0.6) is 5.75 Å². The SMILES string of the molecule is C=CCOc1ccccc1CN=C(NCC)NCc1nnc2n1CCCCC2. The van der Waals surface area contributed by atoms with Crippen LogP contribution < -0.4 is 15.4 Å². The van der Waals surface area contributed by atoms with Gasteiger partial charge < -0.3 is 19.9 Å². The molecule has 0 amide bonds. The monoisotopic (exact) mass is 382 g/mol. The molecule has 1 aromatic carbocycles. The van der Waals surface area contributed by atoms with Gasteiger partial charge in [-0.1, -0.05) is 37.3 Å². The Bertz CT molecular complexity index is 798. The lowest BCUT2D eigenvalue weighted by Gasteiger charge is -2.13. The third-order valence-corrected chi connectivity index (χ3v) is 4.68. The summed E-state index contributed by atoms with van der Waals surface area (Å²) in [5.74, 6) is 3.67. The minimum atomic E-state index is 0.483. The van der Waals surface area contributed by atoms with E-state index in [2.05, 4.69) is 38.9 Å². The maximum Gasteiger partial charge on any atom is 0.191 e. The zero-order chi connectivity index (χ0) is 19.6. The quantitative estimate of drug-likeness (QED) is 0.417. The number of benzene rings is 1. The van der Waals surface area contributed by atoms with Gasteiger partial charge in [0, 0.05) is 25.1 Å². The molecule has 0 fully saturated rings. The number of nitrogens with one attached hydrogen (secondary N) is 2. The standard InChI is InChI=1S/C21H30N6O/c1-3-14-28-18-11-8-7-10-17(18)15-23-21(22-4-2)24-16-20-26-25-19-12-6-5-9-13-27(19)20/h3,7-8,10-11H,1,4-6,9,12-16H2,2H3,(H2,22,23,24). The summed E-state index contributed by atoms with van der Waals surface area (Å²) in [6, 6.07) is 7.95. The van der Waals surface area contributed by atoms with E-state index in [-0.39, 0.29) is 0 Å². The number of hydrogen-bond donors (Lipinski definition) is 2. The molecule has 7 heteroatoms. The highest BCUT2D eigenvalue weighted by molar-refractivity contribution is 5.79. The Morgan fingerprint density at radius 1 is 1.25 bits per heavy atom. The molecular weight excluding hydrogens is 352 g/mol. The first-order valence-corrected chi connectivity index (χ1v) is 10.1. The third kappa shape index (κ3) is 5.34. The Morgan fingerprint density at radius 3 is 3.00 bits per heavy atom. The minimum Gasteiger partial charge on any atom is -0.489 e. The number of fused-ring (bicyclic) bond motifs is 1. The molecule has 0 bridgehead atoms. The molecule has 7 nitrogen and oxygen atoms in total. The van der Waals surface area contributed by atoms with Crippen LogP contribution in [0.15, 0.2) is 41.9 Å². The van der Waals surface area contributed by atoms with Gasteiger partial charge in [0.15, 0.2) is 11.8 Å². The number of rotatable bonds is 8. The van der Waals surface area contributed by atoms with Crippen LogP contribution in [0.4, 0.5) is 0 Å². The molecule has 0 unspecified atom stereocenters. The van der Waals surface area contributed by atoms with Crippen molar-refractivity contribution in [3.8, 4) is 5.75 Å². The third-order valence-electron chi connectivity index (χ3n) is 4.68.